The summed E-state index contributed by atoms with van der Waals surface area (Å²) >= 11 is 0. The van der Waals surface area contributed by atoms with Gasteiger partial charge in [-0.25, -0.2) is 0 Å². The van der Waals surface area contributed by atoms with Crippen LogP contribution in [0.5, 0.6) is 5.75 Å². The number of hydrogen-bond donors (Lipinski definition) is 0. The van der Waals surface area contributed by atoms with E-state index < -0.39 is 0 Å². The van der Waals surface area contributed by atoms with Crippen LogP contribution in [0.25, 0.3) is 10.9 Å². The summed E-state index contributed by atoms with van der Waals surface area (Å²) in [6.07, 6.45) is 0.529. The maximum atomic E-state index is 11.7. The van der Waals surface area contributed by atoms with E-state index in [1.807, 2.05) is 42.8 Å². The van der Waals surface area contributed by atoms with Crippen LogP contribution in [0.15, 0.2) is 24.3 Å². The first kappa shape index (κ1) is 10.7. The van der Waals surface area contributed by atoms with Crippen LogP contribution in [-0.2, 0) is 7.05 Å². The first-order valence-electron chi connectivity index (χ1n) is 5.34. The average Bonchev–Trinajstić information content (AvgIpc) is 2.65. The van der Waals surface area contributed by atoms with Gasteiger partial charge in [0.25, 0.3) is 0 Å². The number of aromatic nitrogens is 1. The SMILES string of the molecule is CCC(=O)c1cc2cc(OC)ccc2n1C. The van der Waals surface area contributed by atoms with Crippen LogP contribution in [0.2, 0.25) is 0 Å². The molecule has 0 unspecified atom stereocenters. The predicted molar refractivity (Wildman–Crippen MR) is 64.1 cm³/mol. The molecule has 0 aliphatic heterocycles. The van der Waals surface area contributed by atoms with E-state index in [0.29, 0.717) is 6.42 Å². The Labute approximate surface area is 94.6 Å². The summed E-state index contributed by atoms with van der Waals surface area (Å²) in [6, 6.07) is 7.74. The topological polar surface area (TPSA) is 31.2 Å². The summed E-state index contributed by atoms with van der Waals surface area (Å²) in [5.74, 6) is 0.978. The number of benzene rings is 1. The Morgan fingerprint density at radius 2 is 2.12 bits per heavy atom. The van der Waals surface area contributed by atoms with Gasteiger partial charge in [-0.15, -0.1) is 0 Å². The maximum Gasteiger partial charge on any atom is 0.178 e. The van der Waals surface area contributed by atoms with Gasteiger partial charge >= 0.3 is 0 Å². The van der Waals surface area contributed by atoms with Crippen molar-refractivity contribution in [3.05, 3.63) is 30.0 Å². The van der Waals surface area contributed by atoms with Gasteiger partial charge in [0.05, 0.1) is 12.8 Å². The molecular weight excluding hydrogens is 202 g/mol. The molecule has 0 radical (unpaired) electrons. The molecule has 0 spiro atoms. The zero-order valence-corrected chi connectivity index (χ0v) is 9.78. The second-order valence-corrected chi connectivity index (χ2v) is 3.79. The third-order valence-electron chi connectivity index (χ3n) is 2.86. The highest BCUT2D eigenvalue weighted by Gasteiger charge is 2.11. The first-order valence-corrected chi connectivity index (χ1v) is 5.34. The van der Waals surface area contributed by atoms with Crippen molar-refractivity contribution in [3.8, 4) is 5.75 Å². The van der Waals surface area contributed by atoms with Crippen LogP contribution >= 0.6 is 0 Å². The number of carbonyl (C=O) groups excluding carboxylic acids is 1. The van der Waals surface area contributed by atoms with Gasteiger partial charge in [0, 0.05) is 24.4 Å². The van der Waals surface area contributed by atoms with Crippen LogP contribution in [-0.4, -0.2) is 17.5 Å². The molecular formula is C13H15NO2. The molecule has 1 aromatic heterocycles. The number of rotatable bonds is 3. The number of hydrogen-bond acceptors (Lipinski definition) is 2. The zero-order chi connectivity index (χ0) is 11.7. The molecule has 1 heterocycles. The molecule has 0 amide bonds. The number of aryl methyl sites for hydroxylation is 1. The van der Waals surface area contributed by atoms with Crippen LogP contribution in [0.3, 0.4) is 0 Å². The van der Waals surface area contributed by atoms with Crippen LogP contribution in [0.1, 0.15) is 23.8 Å². The highest BCUT2D eigenvalue weighted by molar-refractivity contribution is 6.00. The average molecular weight is 217 g/mol. The molecule has 0 aliphatic carbocycles. The van der Waals surface area contributed by atoms with Crippen molar-refractivity contribution in [2.24, 2.45) is 7.05 Å². The smallest absolute Gasteiger partial charge is 0.178 e. The minimum Gasteiger partial charge on any atom is -0.497 e. The fourth-order valence-electron chi connectivity index (χ4n) is 1.90. The minimum absolute atomic E-state index is 0.165. The lowest BCUT2D eigenvalue weighted by atomic mass is 10.2. The molecule has 3 heteroatoms. The monoisotopic (exact) mass is 217 g/mol. The predicted octanol–water partition coefficient (Wildman–Crippen LogP) is 2.78. The number of fused-ring (bicyclic) bond motifs is 1. The Morgan fingerprint density at radius 1 is 1.38 bits per heavy atom. The molecule has 16 heavy (non-hydrogen) atoms. The molecule has 3 nitrogen and oxygen atoms in total. The lowest BCUT2D eigenvalue weighted by Crippen LogP contribution is -2.03. The lowest BCUT2D eigenvalue weighted by Gasteiger charge is -2.02. The van der Waals surface area contributed by atoms with Crippen molar-refractivity contribution >= 4 is 16.7 Å². The van der Waals surface area contributed by atoms with E-state index in [1.54, 1.807) is 7.11 Å². The van der Waals surface area contributed by atoms with Crippen LogP contribution in [0, 0.1) is 0 Å². The molecule has 2 rings (SSSR count). The van der Waals surface area contributed by atoms with E-state index in [-0.39, 0.29) is 5.78 Å². The third kappa shape index (κ3) is 1.58. The van der Waals surface area contributed by atoms with Crippen molar-refractivity contribution in [1.29, 1.82) is 0 Å². The molecule has 84 valence electrons. The second-order valence-electron chi connectivity index (χ2n) is 3.79. The number of carbonyl (C=O) groups is 1. The van der Waals surface area contributed by atoms with Crippen molar-refractivity contribution in [2.75, 3.05) is 7.11 Å². The summed E-state index contributed by atoms with van der Waals surface area (Å²) in [5.41, 5.74) is 1.81. The first-order chi connectivity index (χ1) is 7.67. The molecule has 0 fully saturated rings. The molecule has 2 aromatic rings. The van der Waals surface area contributed by atoms with Crippen LogP contribution in [0.4, 0.5) is 0 Å². The number of ketones is 1. The molecule has 0 saturated heterocycles. The summed E-state index contributed by atoms with van der Waals surface area (Å²) in [6.45, 7) is 1.88. The third-order valence-corrected chi connectivity index (χ3v) is 2.86. The van der Waals surface area contributed by atoms with E-state index in [1.165, 1.54) is 0 Å². The summed E-state index contributed by atoms with van der Waals surface area (Å²) in [4.78, 5) is 11.7. The summed E-state index contributed by atoms with van der Waals surface area (Å²) < 4.78 is 7.10. The molecule has 0 bridgehead atoms. The second kappa shape index (κ2) is 4.00. The van der Waals surface area contributed by atoms with Gasteiger partial charge in [-0.3, -0.25) is 4.79 Å². The zero-order valence-electron chi connectivity index (χ0n) is 9.78. The van der Waals surface area contributed by atoms with Gasteiger partial charge in [0.15, 0.2) is 5.78 Å². The minimum atomic E-state index is 0.165. The van der Waals surface area contributed by atoms with E-state index in [2.05, 4.69) is 0 Å². The fourth-order valence-corrected chi connectivity index (χ4v) is 1.90. The molecule has 0 N–H and O–H groups in total. The highest BCUT2D eigenvalue weighted by Crippen LogP contribution is 2.24. The largest absolute Gasteiger partial charge is 0.497 e. The van der Waals surface area contributed by atoms with Gasteiger partial charge in [-0.1, -0.05) is 6.92 Å². The number of ether oxygens (including phenoxy) is 1. The lowest BCUT2D eigenvalue weighted by molar-refractivity contribution is 0.0981. The molecule has 0 aliphatic rings. The van der Waals surface area contributed by atoms with Gasteiger partial charge in [-0.05, 0) is 24.3 Å². The van der Waals surface area contributed by atoms with Crippen molar-refractivity contribution in [1.82, 2.24) is 4.57 Å². The van der Waals surface area contributed by atoms with E-state index in [4.69, 9.17) is 4.74 Å². The van der Waals surface area contributed by atoms with E-state index >= 15 is 0 Å². The normalized spacial score (nSPS) is 10.7. The van der Waals surface area contributed by atoms with Crippen molar-refractivity contribution in [3.63, 3.8) is 0 Å². The van der Waals surface area contributed by atoms with E-state index in [0.717, 1.165) is 22.3 Å². The Balaban J connectivity index is 2.63. The molecule has 0 atom stereocenters. The Morgan fingerprint density at radius 3 is 2.75 bits per heavy atom. The highest BCUT2D eigenvalue weighted by atomic mass is 16.5. The van der Waals surface area contributed by atoms with Gasteiger partial charge in [0.2, 0.25) is 0 Å². The fraction of sp³-hybridized carbons (Fsp3) is 0.308. The van der Waals surface area contributed by atoms with Crippen molar-refractivity contribution < 1.29 is 9.53 Å². The summed E-state index contributed by atoms with van der Waals surface area (Å²) in [7, 11) is 3.56. The maximum absolute atomic E-state index is 11.7. The Hall–Kier alpha value is -1.77. The van der Waals surface area contributed by atoms with Gasteiger partial charge in [-0.2, -0.15) is 0 Å². The Bertz CT molecular complexity index is 540. The molecule has 0 saturated carbocycles. The molecule has 1 aromatic carbocycles. The van der Waals surface area contributed by atoms with Crippen LogP contribution < -0.4 is 4.74 Å². The Kier molecular flexibility index (Phi) is 2.69. The number of nitrogens with zero attached hydrogens (tertiary/aromatic N) is 1. The van der Waals surface area contributed by atoms with E-state index in [9.17, 15) is 4.79 Å². The summed E-state index contributed by atoms with van der Waals surface area (Å²) in [5, 5.41) is 1.04. The van der Waals surface area contributed by atoms with Gasteiger partial charge in [0.1, 0.15) is 5.75 Å². The quantitative estimate of drug-likeness (QED) is 0.740. The standard InChI is InChI=1S/C13H15NO2/c1-4-13(15)12-8-9-7-10(16-3)5-6-11(9)14(12)2/h5-8H,4H2,1-3H3. The van der Waals surface area contributed by atoms with Gasteiger partial charge < -0.3 is 9.30 Å². The number of Topliss-reactive ketones (excluding diaryl/α,β-unsaturated/α-hetero) is 1. The van der Waals surface area contributed by atoms with Crippen molar-refractivity contribution in [2.45, 2.75) is 13.3 Å². The number of methoxy groups -OCH3 is 1.